The molecule has 0 spiro atoms. The van der Waals surface area contributed by atoms with E-state index >= 15 is 0 Å². The maximum Gasteiger partial charge on any atom is 0.221 e. The molecule has 3 nitrogen and oxygen atoms in total. The largest absolute Gasteiger partial charge is 0.399 e. The number of carbonyl (C=O) groups excluding carboxylic acids is 1. The Morgan fingerprint density at radius 1 is 1.59 bits per heavy atom. The second-order valence-electron chi connectivity index (χ2n) is 4.32. The Morgan fingerprint density at radius 3 is 3.18 bits per heavy atom. The molecule has 0 heterocycles. The van der Waals surface area contributed by atoms with Gasteiger partial charge in [-0.2, -0.15) is 0 Å². The average molecular weight is 228 g/mol. The van der Waals surface area contributed by atoms with E-state index in [9.17, 15) is 4.79 Å². The van der Waals surface area contributed by atoms with Crippen LogP contribution in [0, 0.1) is 12.3 Å². The third-order valence-corrected chi connectivity index (χ3v) is 3.08. The number of hydrogen-bond donors (Lipinski definition) is 2. The van der Waals surface area contributed by atoms with Gasteiger partial charge in [0.25, 0.3) is 0 Å². The number of hydrogen-bond acceptors (Lipinski definition) is 2. The standard InChI is InChI=1S/C14H16N2O/c1-2-3-4-14(17)16-13-8-5-10-9-11(15)6-7-12(10)13/h1,6-7,9,13H,3-5,8,15H2,(H,16,17). The van der Waals surface area contributed by atoms with E-state index in [4.69, 9.17) is 12.2 Å². The van der Waals surface area contributed by atoms with Crippen LogP contribution < -0.4 is 11.1 Å². The van der Waals surface area contributed by atoms with Gasteiger partial charge in [0, 0.05) is 18.5 Å². The van der Waals surface area contributed by atoms with E-state index in [2.05, 4.69) is 11.2 Å². The molecule has 0 saturated heterocycles. The van der Waals surface area contributed by atoms with Crippen LogP contribution in [-0.2, 0) is 11.2 Å². The van der Waals surface area contributed by atoms with Crippen molar-refractivity contribution in [1.29, 1.82) is 0 Å². The molecule has 1 aliphatic carbocycles. The van der Waals surface area contributed by atoms with Crippen molar-refractivity contribution in [3.63, 3.8) is 0 Å². The molecule has 0 bridgehead atoms. The molecule has 3 N–H and O–H groups in total. The number of amides is 1. The first-order valence-corrected chi connectivity index (χ1v) is 5.82. The number of anilines is 1. The highest BCUT2D eigenvalue weighted by Crippen LogP contribution is 2.32. The number of nitrogens with one attached hydrogen (secondary N) is 1. The van der Waals surface area contributed by atoms with Gasteiger partial charge in [0.15, 0.2) is 0 Å². The topological polar surface area (TPSA) is 55.1 Å². The van der Waals surface area contributed by atoms with Gasteiger partial charge in [-0.05, 0) is 36.1 Å². The van der Waals surface area contributed by atoms with E-state index in [1.165, 1.54) is 11.1 Å². The monoisotopic (exact) mass is 228 g/mol. The van der Waals surface area contributed by atoms with Crippen LogP contribution in [0.3, 0.4) is 0 Å². The number of aryl methyl sites for hydroxylation is 1. The van der Waals surface area contributed by atoms with Crippen LogP contribution in [0.1, 0.15) is 36.4 Å². The number of terminal acetylenes is 1. The lowest BCUT2D eigenvalue weighted by Gasteiger charge is -2.13. The van der Waals surface area contributed by atoms with E-state index in [0.717, 1.165) is 18.5 Å². The molecule has 0 aromatic heterocycles. The van der Waals surface area contributed by atoms with Crippen LogP contribution in [0.25, 0.3) is 0 Å². The summed E-state index contributed by atoms with van der Waals surface area (Å²) < 4.78 is 0. The van der Waals surface area contributed by atoms with Crippen LogP contribution in [0.5, 0.6) is 0 Å². The second-order valence-corrected chi connectivity index (χ2v) is 4.32. The Balaban J connectivity index is 2.03. The number of nitrogen functional groups attached to an aromatic ring is 1. The molecule has 1 amide bonds. The number of carbonyl (C=O) groups is 1. The van der Waals surface area contributed by atoms with Gasteiger partial charge in [-0.25, -0.2) is 0 Å². The van der Waals surface area contributed by atoms with Gasteiger partial charge in [-0.1, -0.05) is 6.07 Å². The first-order valence-electron chi connectivity index (χ1n) is 5.82. The molecule has 1 unspecified atom stereocenters. The molecule has 0 saturated carbocycles. The van der Waals surface area contributed by atoms with Gasteiger partial charge in [0.1, 0.15) is 0 Å². The van der Waals surface area contributed by atoms with Gasteiger partial charge in [0.05, 0.1) is 6.04 Å². The number of fused-ring (bicyclic) bond motifs is 1. The molecular weight excluding hydrogens is 212 g/mol. The van der Waals surface area contributed by atoms with Crippen LogP contribution in [-0.4, -0.2) is 5.91 Å². The first-order chi connectivity index (χ1) is 8.20. The van der Waals surface area contributed by atoms with Gasteiger partial charge in [-0.3, -0.25) is 4.79 Å². The molecule has 1 atom stereocenters. The zero-order valence-corrected chi connectivity index (χ0v) is 9.70. The fourth-order valence-corrected chi connectivity index (χ4v) is 2.24. The van der Waals surface area contributed by atoms with Crippen LogP contribution in [0.15, 0.2) is 18.2 Å². The predicted octanol–water partition coefficient (Wildman–Crippen LogP) is 1.79. The summed E-state index contributed by atoms with van der Waals surface area (Å²) in [4.78, 5) is 11.6. The third-order valence-electron chi connectivity index (χ3n) is 3.08. The van der Waals surface area contributed by atoms with Crippen molar-refractivity contribution < 1.29 is 4.79 Å². The summed E-state index contributed by atoms with van der Waals surface area (Å²) in [5.74, 6) is 2.50. The predicted molar refractivity (Wildman–Crippen MR) is 68.1 cm³/mol. The lowest BCUT2D eigenvalue weighted by Crippen LogP contribution is -2.26. The lowest BCUT2D eigenvalue weighted by atomic mass is 10.1. The van der Waals surface area contributed by atoms with Crippen molar-refractivity contribution in [2.45, 2.75) is 31.7 Å². The summed E-state index contributed by atoms with van der Waals surface area (Å²) >= 11 is 0. The van der Waals surface area contributed by atoms with E-state index in [1.807, 2.05) is 18.2 Å². The molecule has 1 aromatic carbocycles. The zero-order valence-electron chi connectivity index (χ0n) is 9.70. The molecule has 0 fully saturated rings. The van der Waals surface area contributed by atoms with Gasteiger partial charge < -0.3 is 11.1 Å². The highest BCUT2D eigenvalue weighted by Gasteiger charge is 2.23. The summed E-state index contributed by atoms with van der Waals surface area (Å²) in [6, 6.07) is 5.99. The minimum absolute atomic E-state index is 0.0256. The summed E-state index contributed by atoms with van der Waals surface area (Å²) in [7, 11) is 0. The van der Waals surface area contributed by atoms with Crippen molar-refractivity contribution >= 4 is 11.6 Å². The van der Waals surface area contributed by atoms with Crippen molar-refractivity contribution in [2.24, 2.45) is 0 Å². The van der Waals surface area contributed by atoms with Gasteiger partial charge in [0.2, 0.25) is 5.91 Å². The van der Waals surface area contributed by atoms with Crippen molar-refractivity contribution in [3.05, 3.63) is 29.3 Å². The Bertz CT molecular complexity index is 474. The summed E-state index contributed by atoms with van der Waals surface area (Å²) in [5, 5.41) is 3.01. The molecule has 0 aliphatic heterocycles. The summed E-state index contributed by atoms with van der Waals surface area (Å²) in [6.45, 7) is 0. The van der Waals surface area contributed by atoms with Crippen molar-refractivity contribution in [3.8, 4) is 12.3 Å². The Morgan fingerprint density at radius 2 is 2.41 bits per heavy atom. The fourth-order valence-electron chi connectivity index (χ4n) is 2.24. The SMILES string of the molecule is C#CCCC(=O)NC1CCc2cc(N)ccc21. The van der Waals surface area contributed by atoms with E-state index in [0.29, 0.717) is 12.8 Å². The van der Waals surface area contributed by atoms with Crippen LogP contribution >= 0.6 is 0 Å². The van der Waals surface area contributed by atoms with Crippen LogP contribution in [0.2, 0.25) is 0 Å². The highest BCUT2D eigenvalue weighted by molar-refractivity contribution is 5.77. The minimum atomic E-state index is 0.0256. The molecular formula is C14H16N2O. The van der Waals surface area contributed by atoms with Crippen LogP contribution in [0.4, 0.5) is 5.69 Å². The smallest absolute Gasteiger partial charge is 0.221 e. The fraction of sp³-hybridized carbons (Fsp3) is 0.357. The molecule has 0 radical (unpaired) electrons. The van der Waals surface area contributed by atoms with Crippen molar-refractivity contribution in [1.82, 2.24) is 5.32 Å². The van der Waals surface area contributed by atoms with E-state index in [1.54, 1.807) is 0 Å². The Kier molecular flexibility index (Phi) is 3.34. The molecule has 1 aliphatic rings. The van der Waals surface area contributed by atoms with Gasteiger partial charge in [-0.15, -0.1) is 12.3 Å². The zero-order chi connectivity index (χ0) is 12.3. The van der Waals surface area contributed by atoms with E-state index in [-0.39, 0.29) is 11.9 Å². The average Bonchev–Trinajstić information content (AvgIpc) is 2.69. The second kappa shape index (κ2) is 4.92. The molecule has 3 heteroatoms. The normalized spacial score (nSPS) is 17.2. The Hall–Kier alpha value is -1.95. The number of nitrogens with two attached hydrogens (primary N) is 1. The molecule has 17 heavy (non-hydrogen) atoms. The van der Waals surface area contributed by atoms with Crippen molar-refractivity contribution in [2.75, 3.05) is 5.73 Å². The number of rotatable bonds is 3. The maximum absolute atomic E-state index is 11.6. The van der Waals surface area contributed by atoms with E-state index < -0.39 is 0 Å². The molecule has 88 valence electrons. The first kappa shape index (κ1) is 11.5. The third kappa shape index (κ3) is 2.59. The molecule has 2 rings (SSSR count). The quantitative estimate of drug-likeness (QED) is 0.612. The number of benzene rings is 1. The minimum Gasteiger partial charge on any atom is -0.399 e. The maximum atomic E-state index is 11.6. The molecule has 1 aromatic rings. The van der Waals surface area contributed by atoms with Gasteiger partial charge >= 0.3 is 0 Å². The lowest BCUT2D eigenvalue weighted by molar-refractivity contribution is -0.121. The highest BCUT2D eigenvalue weighted by atomic mass is 16.1. The Labute approximate surface area is 101 Å². The summed E-state index contributed by atoms with van der Waals surface area (Å²) in [6.07, 6.45) is 7.95. The summed E-state index contributed by atoms with van der Waals surface area (Å²) in [5.41, 5.74) is 8.95.